The van der Waals surface area contributed by atoms with E-state index >= 15 is 0 Å². The molecule has 2 aliphatic carbocycles. The van der Waals surface area contributed by atoms with Crippen molar-refractivity contribution in [1.29, 1.82) is 0 Å². The third kappa shape index (κ3) is 5.24. The van der Waals surface area contributed by atoms with Gasteiger partial charge in [-0.2, -0.15) is 0 Å². The van der Waals surface area contributed by atoms with Gasteiger partial charge in [0, 0.05) is 19.5 Å². The first-order chi connectivity index (χ1) is 14.4. The van der Waals surface area contributed by atoms with Crippen LogP contribution in [-0.2, 0) is 19.6 Å². The normalized spacial score (nSPS) is 30.2. The molecule has 0 bridgehead atoms. The van der Waals surface area contributed by atoms with Crippen molar-refractivity contribution in [1.82, 2.24) is 9.62 Å². The van der Waals surface area contributed by atoms with Gasteiger partial charge in [-0.1, -0.05) is 30.3 Å². The van der Waals surface area contributed by atoms with Gasteiger partial charge in [0.15, 0.2) is 0 Å². The Balaban J connectivity index is 1.34. The molecule has 1 amide bonds. The molecule has 2 atom stereocenters. The topological polar surface area (TPSA) is 75.7 Å². The van der Waals surface area contributed by atoms with Crippen LogP contribution < -0.4 is 4.72 Å². The smallest absolute Gasteiger partial charge is 0.219 e. The fourth-order valence-corrected chi connectivity index (χ4v) is 6.65. The molecule has 4 rings (SSSR count). The molecular formula is C23H34N2O4S. The molecule has 3 fully saturated rings. The number of sulfonamides is 1. The largest absolute Gasteiger partial charge is 0.376 e. The fraction of sp³-hybridized carbons (Fsp3) is 0.696. The van der Waals surface area contributed by atoms with Crippen molar-refractivity contribution in [2.45, 2.75) is 87.6 Å². The molecule has 0 radical (unpaired) electrons. The highest BCUT2D eigenvalue weighted by Gasteiger charge is 2.41. The number of amides is 1. The van der Waals surface area contributed by atoms with E-state index in [0.717, 1.165) is 51.4 Å². The van der Waals surface area contributed by atoms with Gasteiger partial charge in [-0.15, -0.1) is 0 Å². The van der Waals surface area contributed by atoms with Crippen LogP contribution in [0.25, 0.3) is 0 Å². The van der Waals surface area contributed by atoms with Gasteiger partial charge >= 0.3 is 0 Å². The number of hydrogen-bond donors (Lipinski definition) is 1. The van der Waals surface area contributed by atoms with E-state index in [-0.39, 0.29) is 29.3 Å². The zero-order chi connectivity index (χ0) is 21.1. The number of hydrogen-bond acceptors (Lipinski definition) is 4. The van der Waals surface area contributed by atoms with E-state index in [1.165, 1.54) is 5.56 Å². The first-order valence-corrected chi connectivity index (χ1v) is 12.9. The quantitative estimate of drug-likeness (QED) is 0.715. The van der Waals surface area contributed by atoms with E-state index in [0.29, 0.717) is 19.1 Å². The van der Waals surface area contributed by atoms with Gasteiger partial charge in [0.05, 0.1) is 24.0 Å². The Morgan fingerprint density at radius 3 is 2.40 bits per heavy atom. The molecular weight excluding hydrogens is 400 g/mol. The number of rotatable bonds is 7. The van der Waals surface area contributed by atoms with E-state index in [1.54, 1.807) is 11.8 Å². The molecule has 2 saturated carbocycles. The predicted octanol–water partition coefficient (Wildman–Crippen LogP) is 3.19. The summed E-state index contributed by atoms with van der Waals surface area (Å²) in [4.78, 5) is 14.0. The Morgan fingerprint density at radius 2 is 1.77 bits per heavy atom. The van der Waals surface area contributed by atoms with Crippen molar-refractivity contribution in [2.24, 2.45) is 0 Å². The molecule has 1 aromatic carbocycles. The summed E-state index contributed by atoms with van der Waals surface area (Å²) in [6.07, 6.45) is 7.45. The number of likely N-dealkylation sites (tertiary alicyclic amines) is 1. The molecule has 1 N–H and O–H groups in total. The summed E-state index contributed by atoms with van der Waals surface area (Å²) >= 11 is 0. The number of ether oxygens (including phenoxy) is 1. The molecule has 0 unspecified atom stereocenters. The minimum absolute atomic E-state index is 0.00768. The summed E-state index contributed by atoms with van der Waals surface area (Å²) in [7, 11) is -3.29. The van der Waals surface area contributed by atoms with Gasteiger partial charge in [-0.05, 0) is 62.8 Å². The van der Waals surface area contributed by atoms with Crippen molar-refractivity contribution in [3.63, 3.8) is 0 Å². The second-order valence-electron chi connectivity index (χ2n) is 9.11. The summed E-state index contributed by atoms with van der Waals surface area (Å²) in [6.45, 7) is 2.64. The SMILES string of the molecule is CC(=O)N1CCC[C@H](NS(=O)(=O)C2CC2)[C@@H]1CO[C@H]1CC[C@@H](c2ccccc2)CC1. The maximum Gasteiger partial charge on any atom is 0.219 e. The molecule has 1 aromatic rings. The summed E-state index contributed by atoms with van der Waals surface area (Å²) in [5.41, 5.74) is 1.40. The highest BCUT2D eigenvalue weighted by molar-refractivity contribution is 7.90. The maximum atomic E-state index is 12.5. The Labute approximate surface area is 180 Å². The van der Waals surface area contributed by atoms with E-state index < -0.39 is 10.0 Å². The van der Waals surface area contributed by atoms with Crippen LogP contribution in [0.15, 0.2) is 30.3 Å². The minimum Gasteiger partial charge on any atom is -0.376 e. The van der Waals surface area contributed by atoms with Gasteiger partial charge in [0.1, 0.15) is 0 Å². The monoisotopic (exact) mass is 434 g/mol. The third-order valence-corrected chi connectivity index (χ3v) is 8.89. The lowest BCUT2D eigenvalue weighted by Crippen LogP contribution is -2.59. The molecule has 1 aliphatic heterocycles. The van der Waals surface area contributed by atoms with Crippen LogP contribution in [-0.4, -0.2) is 55.8 Å². The fourth-order valence-electron chi connectivity index (χ4n) is 5.00. The van der Waals surface area contributed by atoms with Crippen molar-refractivity contribution in [3.8, 4) is 0 Å². The third-order valence-electron chi connectivity index (χ3n) is 6.91. The van der Waals surface area contributed by atoms with Crippen LogP contribution in [0.4, 0.5) is 0 Å². The molecule has 0 spiro atoms. The zero-order valence-electron chi connectivity index (χ0n) is 17.8. The van der Waals surface area contributed by atoms with Gasteiger partial charge < -0.3 is 9.64 Å². The van der Waals surface area contributed by atoms with Crippen LogP contribution in [0, 0.1) is 0 Å². The molecule has 3 aliphatic rings. The molecule has 7 heteroatoms. The van der Waals surface area contributed by atoms with Crippen LogP contribution >= 0.6 is 0 Å². The average molecular weight is 435 g/mol. The van der Waals surface area contributed by atoms with Crippen LogP contribution in [0.1, 0.15) is 69.8 Å². The van der Waals surface area contributed by atoms with Crippen LogP contribution in [0.3, 0.4) is 0 Å². The molecule has 1 saturated heterocycles. The van der Waals surface area contributed by atoms with Crippen molar-refractivity contribution in [2.75, 3.05) is 13.2 Å². The molecule has 1 heterocycles. The van der Waals surface area contributed by atoms with E-state index in [9.17, 15) is 13.2 Å². The number of nitrogens with zero attached hydrogens (tertiary/aromatic N) is 1. The lowest BCUT2D eigenvalue weighted by molar-refractivity contribution is -0.136. The van der Waals surface area contributed by atoms with Crippen LogP contribution in [0.2, 0.25) is 0 Å². The minimum atomic E-state index is -3.29. The number of carbonyl (C=O) groups excluding carboxylic acids is 1. The highest BCUT2D eigenvalue weighted by atomic mass is 32.2. The lowest BCUT2D eigenvalue weighted by atomic mass is 9.83. The molecule has 166 valence electrons. The van der Waals surface area contributed by atoms with Crippen LogP contribution in [0.5, 0.6) is 0 Å². The van der Waals surface area contributed by atoms with Crippen molar-refractivity contribution >= 4 is 15.9 Å². The molecule has 30 heavy (non-hydrogen) atoms. The molecule has 0 aromatic heterocycles. The maximum absolute atomic E-state index is 12.5. The summed E-state index contributed by atoms with van der Waals surface area (Å²) in [5, 5.41) is -0.250. The van der Waals surface area contributed by atoms with Gasteiger partial charge in [-0.25, -0.2) is 13.1 Å². The van der Waals surface area contributed by atoms with Gasteiger partial charge in [-0.3, -0.25) is 4.79 Å². The second kappa shape index (κ2) is 9.37. The first kappa shape index (κ1) is 21.8. The van der Waals surface area contributed by atoms with Crippen molar-refractivity contribution < 1.29 is 17.9 Å². The highest BCUT2D eigenvalue weighted by Crippen LogP contribution is 2.34. The predicted molar refractivity (Wildman–Crippen MR) is 117 cm³/mol. The second-order valence-corrected chi connectivity index (χ2v) is 11.1. The van der Waals surface area contributed by atoms with E-state index in [1.807, 2.05) is 0 Å². The Kier molecular flexibility index (Phi) is 6.80. The van der Waals surface area contributed by atoms with E-state index in [4.69, 9.17) is 4.74 Å². The Bertz CT molecular complexity index is 817. The van der Waals surface area contributed by atoms with Gasteiger partial charge in [0.2, 0.25) is 15.9 Å². The first-order valence-electron chi connectivity index (χ1n) is 11.4. The Morgan fingerprint density at radius 1 is 1.07 bits per heavy atom. The number of piperidine rings is 1. The number of carbonyl (C=O) groups is 1. The summed E-state index contributed by atoms with van der Waals surface area (Å²) in [6, 6.07) is 10.2. The lowest BCUT2D eigenvalue weighted by Gasteiger charge is -2.42. The van der Waals surface area contributed by atoms with Crippen molar-refractivity contribution in [3.05, 3.63) is 35.9 Å². The van der Waals surface area contributed by atoms with Gasteiger partial charge in [0.25, 0.3) is 0 Å². The Hall–Kier alpha value is -1.44. The number of benzene rings is 1. The van der Waals surface area contributed by atoms with E-state index in [2.05, 4.69) is 35.1 Å². The summed E-state index contributed by atoms with van der Waals surface area (Å²) < 4.78 is 34.2. The zero-order valence-corrected chi connectivity index (χ0v) is 18.6. The number of nitrogens with one attached hydrogen (secondary N) is 1. The molecule has 6 nitrogen and oxygen atoms in total. The summed E-state index contributed by atoms with van der Waals surface area (Å²) in [5.74, 6) is 0.583. The average Bonchev–Trinajstić information content (AvgIpc) is 3.59. The standard InChI is InChI=1S/C23H34N2O4S/c1-17(26)25-15-5-8-22(24-30(27,28)21-13-14-21)23(25)16-29-20-11-9-19(10-12-20)18-6-3-2-4-7-18/h2-4,6-7,19-24H,5,8-16H2,1H3/t19-,20+,22-,23-/m0/s1.